The van der Waals surface area contributed by atoms with Crippen molar-refractivity contribution >= 4 is 11.8 Å². The number of carboxylic acid groups (broad SMARTS) is 1. The fourth-order valence-electron chi connectivity index (χ4n) is 2.67. The summed E-state index contributed by atoms with van der Waals surface area (Å²) in [5.41, 5.74) is -0.357. The van der Waals surface area contributed by atoms with Gasteiger partial charge in [0.2, 0.25) is 0 Å². The largest absolute Gasteiger partial charge is 0.481 e. The number of nitrogens with zero attached hydrogens (tertiary/aromatic N) is 2. The highest BCUT2D eigenvalue weighted by Gasteiger charge is 2.39. The van der Waals surface area contributed by atoms with Crippen molar-refractivity contribution in [1.29, 1.82) is 0 Å². The van der Waals surface area contributed by atoms with Crippen molar-refractivity contribution < 1.29 is 9.90 Å². The number of hydrogen-bond donors (Lipinski definition) is 2. The summed E-state index contributed by atoms with van der Waals surface area (Å²) in [6.45, 7) is 3.17. The van der Waals surface area contributed by atoms with Gasteiger partial charge in [0.05, 0.1) is 6.42 Å². The molecule has 1 aromatic rings. The normalized spacial score (nSPS) is 16.4. The number of carboxylic acids is 1. The molecule has 110 valence electrons. The topological polar surface area (TPSA) is 84.2 Å². The van der Waals surface area contributed by atoms with E-state index in [4.69, 9.17) is 5.11 Å². The van der Waals surface area contributed by atoms with Crippen LogP contribution >= 0.6 is 0 Å². The summed E-state index contributed by atoms with van der Waals surface area (Å²) in [7, 11) is 0. The number of nitrogens with one attached hydrogen (secondary N) is 1. The maximum atomic E-state index is 12.1. The molecular weight excluding hydrogens is 258 g/mol. The Labute approximate surface area is 117 Å². The van der Waals surface area contributed by atoms with Crippen molar-refractivity contribution in [1.82, 2.24) is 9.55 Å². The molecule has 1 aliphatic carbocycles. The molecule has 20 heavy (non-hydrogen) atoms. The quantitative estimate of drug-likeness (QED) is 0.793. The van der Waals surface area contributed by atoms with Crippen molar-refractivity contribution in [2.24, 2.45) is 5.41 Å². The summed E-state index contributed by atoms with van der Waals surface area (Å²) in [5.74, 6) is -0.464. The van der Waals surface area contributed by atoms with Crippen molar-refractivity contribution in [2.75, 3.05) is 11.9 Å². The minimum absolute atomic E-state index is 0.140. The standard InChI is InChI=1S/C14H21N3O3/c1-2-7-17-8-6-15-12(13(17)20)16-10-14(4-3-5-14)9-11(18)19/h6,8H,2-5,7,9-10H2,1H3,(H,15,16)(H,18,19). The van der Waals surface area contributed by atoms with E-state index >= 15 is 0 Å². The minimum atomic E-state index is -0.782. The highest BCUT2D eigenvalue weighted by atomic mass is 16.4. The van der Waals surface area contributed by atoms with Crippen LogP contribution in [0.1, 0.15) is 39.0 Å². The molecule has 0 bridgehead atoms. The molecule has 0 amide bonds. The van der Waals surface area contributed by atoms with Gasteiger partial charge in [-0.25, -0.2) is 4.98 Å². The van der Waals surface area contributed by atoms with Crippen molar-refractivity contribution in [3.05, 3.63) is 22.7 Å². The summed E-state index contributed by atoms with van der Waals surface area (Å²) in [6, 6.07) is 0. The van der Waals surface area contributed by atoms with E-state index in [9.17, 15) is 9.59 Å². The average Bonchev–Trinajstić information content (AvgIpc) is 2.36. The van der Waals surface area contributed by atoms with Gasteiger partial charge in [-0.15, -0.1) is 0 Å². The Hall–Kier alpha value is -1.85. The second-order valence-corrected chi connectivity index (χ2v) is 5.55. The Kier molecular flexibility index (Phi) is 4.42. The van der Waals surface area contributed by atoms with Crippen LogP contribution in [0.3, 0.4) is 0 Å². The first-order valence-corrected chi connectivity index (χ1v) is 7.07. The number of aryl methyl sites for hydroxylation is 1. The zero-order valence-corrected chi connectivity index (χ0v) is 11.8. The van der Waals surface area contributed by atoms with E-state index in [2.05, 4.69) is 10.3 Å². The van der Waals surface area contributed by atoms with Crippen LogP contribution in [0.2, 0.25) is 0 Å². The van der Waals surface area contributed by atoms with Crippen molar-refractivity contribution in [3.63, 3.8) is 0 Å². The Morgan fingerprint density at radius 3 is 2.85 bits per heavy atom. The van der Waals surface area contributed by atoms with Crippen LogP contribution in [0.15, 0.2) is 17.2 Å². The van der Waals surface area contributed by atoms with Crippen molar-refractivity contribution in [3.8, 4) is 0 Å². The summed E-state index contributed by atoms with van der Waals surface area (Å²) < 4.78 is 1.62. The van der Waals surface area contributed by atoms with Crippen LogP contribution in [-0.2, 0) is 11.3 Å². The van der Waals surface area contributed by atoms with Crippen LogP contribution in [0.4, 0.5) is 5.82 Å². The van der Waals surface area contributed by atoms with Crippen LogP contribution < -0.4 is 10.9 Å². The van der Waals surface area contributed by atoms with Gasteiger partial charge in [-0.3, -0.25) is 9.59 Å². The lowest BCUT2D eigenvalue weighted by Crippen LogP contribution is -2.40. The number of carbonyl (C=O) groups is 1. The molecule has 2 rings (SSSR count). The minimum Gasteiger partial charge on any atom is -0.481 e. The highest BCUT2D eigenvalue weighted by Crippen LogP contribution is 2.43. The summed E-state index contributed by atoms with van der Waals surface area (Å²) >= 11 is 0. The second kappa shape index (κ2) is 6.07. The fraction of sp³-hybridized carbons (Fsp3) is 0.643. The third kappa shape index (κ3) is 3.18. The lowest BCUT2D eigenvalue weighted by Gasteiger charge is -2.40. The number of aromatic nitrogens is 2. The molecule has 0 aliphatic heterocycles. The first kappa shape index (κ1) is 14.6. The van der Waals surface area contributed by atoms with Crippen LogP contribution in [0.5, 0.6) is 0 Å². The molecule has 0 spiro atoms. The van der Waals surface area contributed by atoms with E-state index in [1.807, 2.05) is 6.92 Å². The zero-order valence-electron chi connectivity index (χ0n) is 11.8. The molecule has 0 saturated heterocycles. The lowest BCUT2D eigenvalue weighted by molar-refractivity contribution is -0.141. The van der Waals surface area contributed by atoms with Gasteiger partial charge in [-0.05, 0) is 24.7 Å². The van der Waals surface area contributed by atoms with Gasteiger partial charge >= 0.3 is 5.97 Å². The molecule has 1 heterocycles. The average molecular weight is 279 g/mol. The van der Waals surface area contributed by atoms with Gasteiger partial charge in [0.25, 0.3) is 5.56 Å². The first-order valence-electron chi connectivity index (χ1n) is 7.07. The monoisotopic (exact) mass is 279 g/mol. The Bertz CT molecular complexity index is 535. The number of rotatable bonds is 7. The van der Waals surface area contributed by atoms with Gasteiger partial charge in [0, 0.05) is 25.5 Å². The fourth-order valence-corrected chi connectivity index (χ4v) is 2.67. The maximum absolute atomic E-state index is 12.1. The summed E-state index contributed by atoms with van der Waals surface area (Å²) in [4.78, 5) is 27.1. The van der Waals surface area contributed by atoms with Crippen LogP contribution in [0, 0.1) is 5.41 Å². The van der Waals surface area contributed by atoms with E-state index < -0.39 is 5.97 Å². The highest BCUT2D eigenvalue weighted by molar-refractivity contribution is 5.68. The van der Waals surface area contributed by atoms with Gasteiger partial charge in [0.1, 0.15) is 0 Å². The lowest BCUT2D eigenvalue weighted by atomic mass is 9.66. The van der Waals surface area contributed by atoms with E-state index in [-0.39, 0.29) is 17.4 Å². The Morgan fingerprint density at radius 2 is 2.30 bits per heavy atom. The smallest absolute Gasteiger partial charge is 0.303 e. The molecule has 1 fully saturated rings. The summed E-state index contributed by atoms with van der Waals surface area (Å²) in [6.07, 6.45) is 7.14. The predicted octanol–water partition coefficient (Wildman–Crippen LogP) is 1.71. The Balaban J connectivity index is 2.05. The van der Waals surface area contributed by atoms with Crippen molar-refractivity contribution in [2.45, 2.75) is 45.6 Å². The van der Waals surface area contributed by atoms with Crippen LogP contribution in [0.25, 0.3) is 0 Å². The van der Waals surface area contributed by atoms with E-state index in [1.54, 1.807) is 17.0 Å². The number of hydrogen-bond acceptors (Lipinski definition) is 4. The molecule has 1 aromatic heterocycles. The molecule has 6 nitrogen and oxygen atoms in total. The third-order valence-electron chi connectivity index (χ3n) is 3.95. The first-order chi connectivity index (χ1) is 9.56. The molecule has 0 aromatic carbocycles. The van der Waals surface area contributed by atoms with Gasteiger partial charge in [0.15, 0.2) is 5.82 Å². The maximum Gasteiger partial charge on any atom is 0.303 e. The van der Waals surface area contributed by atoms with Gasteiger partial charge in [-0.1, -0.05) is 13.3 Å². The molecule has 0 atom stereocenters. The molecule has 1 saturated carbocycles. The van der Waals surface area contributed by atoms with Gasteiger partial charge < -0.3 is 15.0 Å². The SMILES string of the molecule is CCCn1ccnc(NCC2(CC(=O)O)CCC2)c1=O. The van der Waals surface area contributed by atoms with E-state index in [1.165, 1.54) is 0 Å². The van der Waals surface area contributed by atoms with E-state index in [0.717, 1.165) is 25.7 Å². The van der Waals surface area contributed by atoms with Gasteiger partial charge in [-0.2, -0.15) is 0 Å². The molecule has 1 aliphatic rings. The number of aliphatic carboxylic acids is 1. The zero-order chi connectivity index (χ0) is 14.6. The molecule has 0 unspecified atom stereocenters. The second-order valence-electron chi connectivity index (χ2n) is 5.55. The molecular formula is C14H21N3O3. The predicted molar refractivity (Wildman–Crippen MR) is 75.8 cm³/mol. The third-order valence-corrected chi connectivity index (χ3v) is 3.95. The molecule has 6 heteroatoms. The Morgan fingerprint density at radius 1 is 1.55 bits per heavy atom. The molecule has 2 N–H and O–H groups in total. The van der Waals surface area contributed by atoms with Crippen LogP contribution in [-0.4, -0.2) is 27.2 Å². The molecule has 0 radical (unpaired) electrons. The summed E-state index contributed by atoms with van der Waals surface area (Å²) in [5, 5.41) is 12.0. The number of anilines is 1. The van der Waals surface area contributed by atoms with E-state index in [0.29, 0.717) is 18.9 Å².